The van der Waals surface area contributed by atoms with Gasteiger partial charge < -0.3 is 10.6 Å². The van der Waals surface area contributed by atoms with Gasteiger partial charge in [0.05, 0.1) is 0 Å². The third-order valence-electron chi connectivity index (χ3n) is 6.30. The molecule has 2 fully saturated rings. The zero-order valence-corrected chi connectivity index (χ0v) is 18.4. The van der Waals surface area contributed by atoms with Crippen molar-refractivity contribution in [2.24, 2.45) is 0 Å². The predicted molar refractivity (Wildman–Crippen MR) is 124 cm³/mol. The van der Waals surface area contributed by atoms with Crippen LogP contribution in [0.4, 0.5) is 5.95 Å². The first-order valence-corrected chi connectivity index (χ1v) is 11.7. The standard InChI is InChI=1S/C24H32N4S/c1-4-22-21(23(17(3)29-22)19-7-5-6-8-19)13-16(2)28-24-26-14-20(15-27-24)18-9-11-25-12-10-18/h4,13-15,18-19,25H,2,5-12H2,1,3H3,(H,26,27,28)/b21-13+,22-4+. The third-order valence-corrected chi connectivity index (χ3v) is 7.50. The lowest BCUT2D eigenvalue weighted by molar-refractivity contribution is 0.459. The molecule has 2 aromatic rings. The number of allylic oxidation sites excluding steroid dienone is 1. The van der Waals surface area contributed by atoms with Gasteiger partial charge in [0, 0.05) is 27.5 Å². The summed E-state index contributed by atoms with van der Waals surface area (Å²) >= 11 is 1.90. The molecule has 3 heterocycles. The summed E-state index contributed by atoms with van der Waals surface area (Å²) in [5, 5.41) is 8.05. The van der Waals surface area contributed by atoms with Crippen molar-refractivity contribution in [3.05, 3.63) is 50.4 Å². The van der Waals surface area contributed by atoms with Gasteiger partial charge in [0.15, 0.2) is 0 Å². The molecule has 1 saturated carbocycles. The molecule has 0 bridgehead atoms. The fourth-order valence-corrected chi connectivity index (χ4v) is 5.92. The lowest BCUT2D eigenvalue weighted by Crippen LogP contribution is -2.26. The van der Waals surface area contributed by atoms with Crippen molar-refractivity contribution in [2.75, 3.05) is 18.4 Å². The molecule has 154 valence electrons. The molecule has 1 aliphatic heterocycles. The average molecular weight is 409 g/mol. The highest BCUT2D eigenvalue weighted by Crippen LogP contribution is 2.34. The Morgan fingerprint density at radius 2 is 1.83 bits per heavy atom. The lowest BCUT2D eigenvalue weighted by Gasteiger charge is -2.22. The van der Waals surface area contributed by atoms with Crippen molar-refractivity contribution in [1.29, 1.82) is 0 Å². The van der Waals surface area contributed by atoms with Crippen LogP contribution in [0, 0.1) is 6.92 Å². The summed E-state index contributed by atoms with van der Waals surface area (Å²) in [6.45, 7) is 10.8. The summed E-state index contributed by atoms with van der Waals surface area (Å²) in [5.74, 6) is 1.89. The predicted octanol–water partition coefficient (Wildman–Crippen LogP) is 4.18. The highest BCUT2D eigenvalue weighted by molar-refractivity contribution is 7.09. The van der Waals surface area contributed by atoms with Gasteiger partial charge in [-0.15, -0.1) is 11.3 Å². The van der Waals surface area contributed by atoms with Crippen LogP contribution in [0.15, 0.2) is 24.7 Å². The van der Waals surface area contributed by atoms with E-state index in [1.807, 2.05) is 23.7 Å². The second-order valence-corrected chi connectivity index (χ2v) is 9.54. The molecule has 0 atom stereocenters. The van der Waals surface area contributed by atoms with Gasteiger partial charge in [-0.2, -0.15) is 0 Å². The van der Waals surface area contributed by atoms with Crippen molar-refractivity contribution >= 4 is 29.4 Å². The molecule has 5 heteroatoms. The van der Waals surface area contributed by atoms with E-state index in [0.717, 1.165) is 31.6 Å². The number of rotatable bonds is 5. The highest BCUT2D eigenvalue weighted by Gasteiger charge is 2.21. The van der Waals surface area contributed by atoms with Crippen molar-refractivity contribution in [1.82, 2.24) is 15.3 Å². The molecular weight excluding hydrogens is 376 g/mol. The van der Waals surface area contributed by atoms with Gasteiger partial charge in [-0.25, -0.2) is 9.97 Å². The van der Waals surface area contributed by atoms with Gasteiger partial charge in [0.2, 0.25) is 5.95 Å². The molecule has 1 aliphatic carbocycles. The molecule has 0 amide bonds. The maximum atomic E-state index is 4.55. The van der Waals surface area contributed by atoms with Crippen molar-refractivity contribution in [3.8, 4) is 0 Å². The van der Waals surface area contributed by atoms with Gasteiger partial charge in [0.1, 0.15) is 0 Å². The van der Waals surface area contributed by atoms with E-state index >= 15 is 0 Å². The first-order valence-electron chi connectivity index (χ1n) is 10.9. The normalized spacial score (nSPS) is 19.8. The Balaban J connectivity index is 1.54. The van der Waals surface area contributed by atoms with Crippen molar-refractivity contribution < 1.29 is 0 Å². The Morgan fingerprint density at radius 1 is 1.14 bits per heavy atom. The first kappa shape index (κ1) is 20.3. The SMILES string of the molecule is C=C(/C=c1/c(C2CCCC2)c(C)s/c1=C/C)Nc1ncc(C2CCNCC2)cn1. The molecule has 0 unspecified atom stereocenters. The van der Waals surface area contributed by atoms with E-state index in [1.165, 1.54) is 51.4 Å². The molecule has 2 aliphatic rings. The van der Waals surface area contributed by atoms with Crippen LogP contribution < -0.4 is 20.4 Å². The molecule has 0 aromatic carbocycles. The van der Waals surface area contributed by atoms with Crippen LogP contribution in [0.1, 0.15) is 73.3 Å². The van der Waals surface area contributed by atoms with Crippen LogP contribution >= 0.6 is 11.3 Å². The molecule has 1 saturated heterocycles. The fraction of sp³-hybridized carbons (Fsp3) is 0.500. The van der Waals surface area contributed by atoms with Crippen molar-refractivity contribution in [2.45, 2.75) is 64.2 Å². The maximum Gasteiger partial charge on any atom is 0.227 e. The van der Waals surface area contributed by atoms with Crippen LogP contribution in [-0.4, -0.2) is 23.1 Å². The second-order valence-electron chi connectivity index (χ2n) is 8.28. The molecule has 29 heavy (non-hydrogen) atoms. The summed E-state index contributed by atoms with van der Waals surface area (Å²) < 4.78 is 1.34. The molecule has 0 spiro atoms. The number of thiophene rings is 1. The minimum absolute atomic E-state index is 0.575. The van der Waals surface area contributed by atoms with Crippen LogP contribution in [0.5, 0.6) is 0 Å². The lowest BCUT2D eigenvalue weighted by atomic mass is 9.92. The minimum atomic E-state index is 0.575. The van der Waals surface area contributed by atoms with E-state index in [2.05, 4.69) is 53.2 Å². The van der Waals surface area contributed by atoms with E-state index < -0.39 is 0 Å². The van der Waals surface area contributed by atoms with Crippen LogP contribution in [-0.2, 0) is 0 Å². The van der Waals surface area contributed by atoms with E-state index in [1.54, 1.807) is 0 Å². The topological polar surface area (TPSA) is 49.8 Å². The molecule has 2 aromatic heterocycles. The van der Waals surface area contributed by atoms with E-state index in [-0.39, 0.29) is 0 Å². The number of nitrogens with zero attached hydrogens (tertiary/aromatic N) is 2. The molecule has 2 N–H and O–H groups in total. The van der Waals surface area contributed by atoms with Gasteiger partial charge >= 0.3 is 0 Å². The van der Waals surface area contributed by atoms with E-state index in [4.69, 9.17) is 0 Å². The van der Waals surface area contributed by atoms with Gasteiger partial charge in [-0.3, -0.25) is 0 Å². The number of aromatic nitrogens is 2. The van der Waals surface area contributed by atoms with Crippen LogP contribution in [0.2, 0.25) is 0 Å². The monoisotopic (exact) mass is 408 g/mol. The number of nitrogens with one attached hydrogen (secondary N) is 2. The first-order chi connectivity index (χ1) is 14.2. The third kappa shape index (κ3) is 4.62. The largest absolute Gasteiger partial charge is 0.325 e. The van der Waals surface area contributed by atoms with Crippen LogP contribution in [0.3, 0.4) is 0 Å². The Labute approximate surface area is 177 Å². The summed E-state index contributed by atoms with van der Waals surface area (Å²) in [7, 11) is 0. The molecule has 4 rings (SSSR count). The molecule has 4 nitrogen and oxygen atoms in total. The Kier molecular flexibility index (Phi) is 6.46. The summed E-state index contributed by atoms with van der Waals surface area (Å²) in [5.41, 5.74) is 3.62. The Hall–Kier alpha value is -1.98. The summed E-state index contributed by atoms with van der Waals surface area (Å²) in [6, 6.07) is 0. The zero-order chi connectivity index (χ0) is 20.2. The minimum Gasteiger partial charge on any atom is -0.325 e. The zero-order valence-electron chi connectivity index (χ0n) is 17.6. The number of hydrogen-bond donors (Lipinski definition) is 2. The Bertz CT molecular complexity index is 962. The Morgan fingerprint density at radius 3 is 2.48 bits per heavy atom. The summed E-state index contributed by atoms with van der Waals surface area (Å²) in [4.78, 5) is 10.6. The quantitative estimate of drug-likeness (QED) is 0.779. The fourth-order valence-electron chi connectivity index (χ4n) is 4.81. The van der Waals surface area contributed by atoms with Crippen molar-refractivity contribution in [3.63, 3.8) is 0 Å². The molecular formula is C24H32N4S. The summed E-state index contributed by atoms with van der Waals surface area (Å²) in [6.07, 6.45) is 16.0. The average Bonchev–Trinajstić information content (AvgIpc) is 3.37. The van der Waals surface area contributed by atoms with Crippen LogP contribution in [0.25, 0.3) is 12.2 Å². The number of hydrogen-bond acceptors (Lipinski definition) is 5. The second kappa shape index (κ2) is 9.23. The van der Waals surface area contributed by atoms with E-state index in [0.29, 0.717) is 17.8 Å². The van der Waals surface area contributed by atoms with Gasteiger partial charge in [-0.1, -0.05) is 25.5 Å². The number of anilines is 1. The maximum absolute atomic E-state index is 4.55. The van der Waals surface area contributed by atoms with Gasteiger partial charge in [0.25, 0.3) is 0 Å². The van der Waals surface area contributed by atoms with E-state index in [9.17, 15) is 0 Å². The smallest absolute Gasteiger partial charge is 0.227 e. The van der Waals surface area contributed by atoms with Gasteiger partial charge in [-0.05, 0) is 86.9 Å². The number of piperidine rings is 1. The number of aryl methyl sites for hydroxylation is 1. The molecule has 0 radical (unpaired) electrons. The highest BCUT2D eigenvalue weighted by atomic mass is 32.1.